The van der Waals surface area contributed by atoms with Gasteiger partial charge in [0.15, 0.2) is 0 Å². The second kappa shape index (κ2) is 24.3. The Bertz CT molecular complexity index is 1440. The molecule has 2 heterocycles. The van der Waals surface area contributed by atoms with Gasteiger partial charge in [0.2, 0.25) is 17.7 Å². The zero-order valence-electron chi connectivity index (χ0n) is 30.7. The maximum absolute atomic E-state index is 12.9. The van der Waals surface area contributed by atoms with Crippen LogP contribution in [0.1, 0.15) is 36.5 Å². The molecule has 55 heavy (non-hydrogen) atoms. The van der Waals surface area contributed by atoms with Gasteiger partial charge in [0, 0.05) is 120 Å². The van der Waals surface area contributed by atoms with E-state index in [0.717, 1.165) is 0 Å². The minimum absolute atomic E-state index is 0. The average molecular weight is 938 g/mol. The molecular formula is C33H51BLuN8O12. The molecule has 0 aromatic heterocycles. The predicted molar refractivity (Wildman–Crippen MR) is 193 cm³/mol. The summed E-state index contributed by atoms with van der Waals surface area (Å²) in [6, 6.07) is 5.06. The Morgan fingerprint density at radius 2 is 1.16 bits per heavy atom. The number of anilines is 1. The summed E-state index contributed by atoms with van der Waals surface area (Å²) in [6.07, 6.45) is 1.01. The van der Waals surface area contributed by atoms with Gasteiger partial charge in [-0.05, 0) is 44.0 Å². The smallest absolute Gasteiger partial charge is 0.475 e. The van der Waals surface area contributed by atoms with Gasteiger partial charge in [0.25, 0.3) is 5.91 Å². The Balaban J connectivity index is 0.0000105. The third kappa shape index (κ3) is 17.5. The molecule has 2 atom stereocenters. The molecule has 2 fully saturated rings. The molecule has 0 spiro atoms. The number of nitrogens with zero attached hydrogens (tertiary/aromatic N) is 5. The summed E-state index contributed by atoms with van der Waals surface area (Å²) in [5, 5.41) is 55.2. The van der Waals surface area contributed by atoms with E-state index in [4.69, 9.17) is 0 Å². The Morgan fingerprint density at radius 1 is 0.709 bits per heavy atom. The van der Waals surface area contributed by atoms with Gasteiger partial charge in [-0.25, -0.2) is 0 Å². The zero-order valence-corrected chi connectivity index (χ0v) is 32.3. The number of hydrogen-bond donors (Lipinski definition) is 8. The van der Waals surface area contributed by atoms with Crippen LogP contribution in [0.4, 0.5) is 5.69 Å². The Morgan fingerprint density at radius 3 is 1.60 bits per heavy atom. The van der Waals surface area contributed by atoms with E-state index in [1.165, 1.54) is 36.1 Å². The van der Waals surface area contributed by atoms with Gasteiger partial charge in [0.05, 0.1) is 32.1 Å². The number of carboxylic acids is 3. The van der Waals surface area contributed by atoms with Crippen LogP contribution in [0.3, 0.4) is 0 Å². The largest absolute Gasteiger partial charge is 0.480 e. The molecule has 2 saturated heterocycles. The van der Waals surface area contributed by atoms with Gasteiger partial charge in [-0.3, -0.25) is 53.2 Å². The van der Waals surface area contributed by atoms with Crippen LogP contribution in [0.2, 0.25) is 0 Å². The van der Waals surface area contributed by atoms with Crippen molar-refractivity contribution < 1.29 is 95.8 Å². The van der Waals surface area contributed by atoms with Crippen molar-refractivity contribution in [1.29, 1.82) is 0 Å². The van der Waals surface area contributed by atoms with E-state index < -0.39 is 60.6 Å². The number of benzene rings is 1. The van der Waals surface area contributed by atoms with Gasteiger partial charge in [0.1, 0.15) is 6.04 Å². The number of carboxylic acid groups (broad SMARTS) is 3. The fourth-order valence-corrected chi connectivity index (χ4v) is 6.25. The maximum Gasteiger partial charge on any atom is 0.475 e. The number of hydrogen-bond acceptors (Lipinski definition) is 13. The van der Waals surface area contributed by atoms with Crippen molar-refractivity contribution in [3.8, 4) is 0 Å². The second-order valence-corrected chi connectivity index (χ2v) is 13.4. The van der Waals surface area contributed by atoms with Crippen molar-refractivity contribution >= 4 is 54.3 Å². The van der Waals surface area contributed by atoms with Crippen molar-refractivity contribution in [2.75, 3.05) is 96.9 Å². The van der Waals surface area contributed by atoms with E-state index in [1.54, 1.807) is 19.6 Å². The summed E-state index contributed by atoms with van der Waals surface area (Å²) >= 11 is 0. The standard InChI is InChI=1S/C33H51BN8O12.Lu/c1-23(33(52)42-10-2-3-26(42)34(53)54)36-32(51)24-4-6-25(7-5-24)37-27(43)8-9-35-28(44)19-38-11-13-39(20-29(45)46)15-17-41(22-31(49)50)18-16-40(14-12-38)21-30(47)48;/h4-7,23,26,53-54H,2-3,8-22H2,1H3,(H,35,44)(H,36,51)(H,37,43)(H,45,46)(H,47,48)(H,49,50);/t23-,26+;/m1./s1. The van der Waals surface area contributed by atoms with Gasteiger partial charge in [-0.1, -0.05) is 0 Å². The van der Waals surface area contributed by atoms with Crippen molar-refractivity contribution in [1.82, 2.24) is 35.1 Å². The van der Waals surface area contributed by atoms with Gasteiger partial charge < -0.3 is 46.2 Å². The first-order chi connectivity index (χ1) is 25.6. The fraction of sp³-hybridized carbons (Fsp3) is 0.606. The molecule has 313 valence electrons. The monoisotopic (exact) mass is 937 g/mol. The van der Waals surface area contributed by atoms with Crippen LogP contribution in [0.25, 0.3) is 0 Å². The molecule has 1 aromatic carbocycles. The minimum atomic E-state index is -1.67. The number of amides is 4. The normalized spacial score (nSPS) is 18.5. The Kier molecular flexibility index (Phi) is 21.0. The molecular weight excluding hydrogens is 886 g/mol. The van der Waals surface area contributed by atoms with E-state index in [9.17, 15) is 58.9 Å². The van der Waals surface area contributed by atoms with Crippen molar-refractivity contribution in [2.24, 2.45) is 0 Å². The zero-order chi connectivity index (χ0) is 39.8. The van der Waals surface area contributed by atoms with Crippen LogP contribution in [-0.4, -0.2) is 202 Å². The molecule has 0 unspecified atom stereocenters. The summed E-state index contributed by atoms with van der Waals surface area (Å²) in [4.78, 5) is 93.4. The van der Waals surface area contributed by atoms with Crippen molar-refractivity contribution in [3.05, 3.63) is 29.8 Å². The van der Waals surface area contributed by atoms with Crippen LogP contribution in [0, 0.1) is 36.9 Å². The molecule has 2 aliphatic heterocycles. The number of carbonyl (C=O) groups is 7. The number of rotatable bonds is 16. The average Bonchev–Trinajstić information content (AvgIpc) is 3.59. The molecule has 20 nitrogen and oxygen atoms in total. The first-order valence-corrected chi connectivity index (χ1v) is 17.8. The molecule has 0 aliphatic carbocycles. The molecule has 22 heteroatoms. The minimum Gasteiger partial charge on any atom is -0.480 e. The second-order valence-electron chi connectivity index (χ2n) is 13.4. The van der Waals surface area contributed by atoms with E-state index in [0.29, 0.717) is 25.1 Å². The van der Waals surface area contributed by atoms with Crippen molar-refractivity contribution in [2.45, 2.75) is 38.2 Å². The van der Waals surface area contributed by atoms with E-state index >= 15 is 0 Å². The Hall–Kier alpha value is -3.43. The summed E-state index contributed by atoms with van der Waals surface area (Å²) in [5.74, 6) is -5.64. The van der Waals surface area contributed by atoms with E-state index in [1.807, 2.05) is 0 Å². The number of carbonyl (C=O) groups excluding carboxylic acids is 4. The van der Waals surface area contributed by atoms with Crippen LogP contribution in [0.15, 0.2) is 24.3 Å². The van der Waals surface area contributed by atoms with Crippen molar-refractivity contribution in [3.63, 3.8) is 0 Å². The molecule has 0 saturated carbocycles. The van der Waals surface area contributed by atoms with E-state index in [2.05, 4.69) is 16.0 Å². The molecule has 0 bridgehead atoms. The van der Waals surface area contributed by atoms with Gasteiger partial charge >= 0.3 is 25.0 Å². The van der Waals surface area contributed by atoms with Gasteiger partial charge in [-0.2, -0.15) is 0 Å². The number of aliphatic carboxylic acids is 3. The summed E-state index contributed by atoms with van der Waals surface area (Å²) in [5.41, 5.74) is 0.630. The maximum atomic E-state index is 12.9. The molecule has 8 N–H and O–H groups in total. The third-order valence-electron chi connectivity index (χ3n) is 9.12. The number of nitrogens with one attached hydrogen (secondary N) is 3. The summed E-state index contributed by atoms with van der Waals surface area (Å²) in [6.45, 7) is 3.02. The first-order valence-electron chi connectivity index (χ1n) is 17.8. The molecule has 2 aliphatic rings. The fourth-order valence-electron chi connectivity index (χ4n) is 6.25. The SMILES string of the molecule is C[C@@H](NC(=O)c1ccc(NC(=O)CCNC(=O)CN2CCN(CC(=O)O)CCN(CC(=O)O)CCN(CC(=O)O)CC2)cc1)C(=O)N1CCC[C@H]1B(O)O.[Lu]. The third-order valence-corrected chi connectivity index (χ3v) is 9.12. The molecule has 4 amide bonds. The summed E-state index contributed by atoms with van der Waals surface area (Å²) < 4.78 is 0. The van der Waals surface area contributed by atoms with Crippen LogP contribution in [-0.2, 0) is 28.8 Å². The summed E-state index contributed by atoms with van der Waals surface area (Å²) in [7, 11) is -1.67. The number of likely N-dealkylation sites (tertiary alicyclic amines) is 1. The van der Waals surface area contributed by atoms with Crippen LogP contribution < -0.4 is 16.0 Å². The van der Waals surface area contributed by atoms with Gasteiger partial charge in [-0.15, -0.1) is 0 Å². The quantitative estimate of drug-likeness (QED) is 0.0756. The molecule has 1 radical (unpaired) electrons. The first kappa shape index (κ1) is 47.7. The Labute approximate surface area is 348 Å². The van der Waals surface area contributed by atoms with E-state index in [-0.39, 0.29) is 134 Å². The van der Waals surface area contributed by atoms with Crippen LogP contribution in [0.5, 0.6) is 0 Å². The molecule has 1 aromatic rings. The van der Waals surface area contributed by atoms with Crippen LogP contribution >= 0.6 is 0 Å². The topological polar surface area (TPSA) is 273 Å². The predicted octanol–water partition coefficient (Wildman–Crippen LogP) is -3.27. The molecule has 3 rings (SSSR count).